The molecular formula is C20H25N3O5S2. The number of piperidine rings is 1. The van der Waals surface area contributed by atoms with E-state index in [2.05, 4.69) is 5.16 Å². The third-order valence-corrected chi connectivity index (χ3v) is 8.29. The smallest absolute Gasteiger partial charge is 0.248 e. The molecule has 0 spiro atoms. The van der Waals surface area contributed by atoms with Gasteiger partial charge in [-0.2, -0.15) is 4.31 Å². The fourth-order valence-corrected chi connectivity index (χ4v) is 6.27. The Hall–Kier alpha value is -2.01. The number of hydrogen-bond donors (Lipinski definition) is 0. The van der Waals surface area contributed by atoms with E-state index in [4.69, 9.17) is 9.26 Å². The number of morpholine rings is 1. The number of hydrogen-bond acceptors (Lipinski definition) is 7. The number of nitrogens with zero attached hydrogens (tertiary/aromatic N) is 3. The summed E-state index contributed by atoms with van der Waals surface area (Å²) in [5, 5.41) is 5.83. The molecule has 1 unspecified atom stereocenters. The number of thiophene rings is 1. The lowest BCUT2D eigenvalue weighted by atomic mass is 9.98. The summed E-state index contributed by atoms with van der Waals surface area (Å²) in [4.78, 5) is 15.7. The Balaban J connectivity index is 1.54. The minimum atomic E-state index is -3.83. The summed E-state index contributed by atoms with van der Waals surface area (Å²) < 4.78 is 38.9. The molecule has 2 saturated heterocycles. The average Bonchev–Trinajstić information content (AvgIpc) is 3.42. The summed E-state index contributed by atoms with van der Waals surface area (Å²) in [5.74, 6) is -0.113. The third kappa shape index (κ3) is 4.36. The van der Waals surface area contributed by atoms with Crippen LogP contribution in [0, 0.1) is 12.8 Å². The molecule has 2 fully saturated rings. The predicted molar refractivity (Wildman–Crippen MR) is 113 cm³/mol. The van der Waals surface area contributed by atoms with Crippen LogP contribution in [-0.2, 0) is 19.6 Å². The Bertz CT molecular complexity index is 1010. The van der Waals surface area contributed by atoms with Gasteiger partial charge in [0.15, 0.2) is 10.7 Å². The second kappa shape index (κ2) is 9.01. The zero-order valence-corrected chi connectivity index (χ0v) is 18.5. The van der Waals surface area contributed by atoms with Gasteiger partial charge in [0.1, 0.15) is 5.69 Å². The highest BCUT2D eigenvalue weighted by Gasteiger charge is 2.38. The third-order valence-electron chi connectivity index (χ3n) is 5.43. The van der Waals surface area contributed by atoms with Crippen molar-refractivity contribution in [3.05, 3.63) is 33.8 Å². The van der Waals surface area contributed by atoms with Crippen LogP contribution in [-0.4, -0.2) is 68.1 Å². The first kappa shape index (κ1) is 21.2. The number of aromatic nitrogens is 1. The van der Waals surface area contributed by atoms with Crippen LogP contribution in [0.5, 0.6) is 0 Å². The molecule has 0 radical (unpaired) electrons. The van der Waals surface area contributed by atoms with Gasteiger partial charge in [0.05, 0.1) is 19.1 Å². The van der Waals surface area contributed by atoms with E-state index in [1.165, 1.54) is 4.31 Å². The minimum absolute atomic E-state index is 0.0121. The van der Waals surface area contributed by atoms with E-state index in [0.29, 0.717) is 51.4 Å². The largest absolute Gasteiger partial charge is 0.378 e. The van der Waals surface area contributed by atoms with Crippen LogP contribution in [0.1, 0.15) is 29.2 Å². The SMILES string of the molecule is Cc1noc(/C=C/c2cccs2)c1S(=O)(=O)N1CCCC(C(=O)N2CCOCC2)C1. The van der Waals surface area contributed by atoms with Crippen LogP contribution >= 0.6 is 11.3 Å². The molecule has 0 aliphatic carbocycles. The molecular weight excluding hydrogens is 426 g/mol. The molecule has 0 aromatic carbocycles. The average molecular weight is 452 g/mol. The normalized spacial score (nSPS) is 21.4. The first-order valence-corrected chi connectivity index (χ1v) is 12.3. The van der Waals surface area contributed by atoms with Crippen molar-refractivity contribution in [3.8, 4) is 0 Å². The predicted octanol–water partition coefficient (Wildman–Crippen LogP) is 2.47. The maximum absolute atomic E-state index is 13.4. The molecule has 2 aliphatic rings. The van der Waals surface area contributed by atoms with Crippen molar-refractivity contribution in [1.29, 1.82) is 0 Å². The Morgan fingerprint density at radius 1 is 1.27 bits per heavy atom. The number of rotatable bonds is 5. The van der Waals surface area contributed by atoms with Gasteiger partial charge in [-0.15, -0.1) is 11.3 Å². The zero-order chi connectivity index (χ0) is 21.1. The van der Waals surface area contributed by atoms with Gasteiger partial charge in [-0.1, -0.05) is 11.2 Å². The molecule has 0 saturated carbocycles. The lowest BCUT2D eigenvalue weighted by Gasteiger charge is -2.35. The molecule has 4 heterocycles. The fourth-order valence-electron chi connectivity index (χ4n) is 3.88. The standard InChI is InChI=1S/C20H25N3O5S2/c1-15-19(18(28-21-15)7-6-17-5-3-13-29-17)30(25,26)23-8-2-4-16(14-23)20(24)22-9-11-27-12-10-22/h3,5-7,13,16H,2,4,8-12,14H2,1H3/b7-6+. The first-order valence-electron chi connectivity index (χ1n) is 10.0. The molecule has 2 aromatic rings. The monoisotopic (exact) mass is 451 g/mol. The Morgan fingerprint density at radius 3 is 2.80 bits per heavy atom. The van der Waals surface area contributed by atoms with E-state index < -0.39 is 10.0 Å². The molecule has 2 aliphatic heterocycles. The summed E-state index contributed by atoms with van der Waals surface area (Å²) in [7, 11) is -3.83. The molecule has 0 bridgehead atoms. The van der Waals surface area contributed by atoms with Gasteiger partial charge < -0.3 is 14.2 Å². The van der Waals surface area contributed by atoms with Gasteiger partial charge in [-0.25, -0.2) is 8.42 Å². The van der Waals surface area contributed by atoms with Crippen LogP contribution in [0.3, 0.4) is 0 Å². The molecule has 10 heteroatoms. The van der Waals surface area contributed by atoms with E-state index in [0.717, 1.165) is 4.88 Å². The maximum Gasteiger partial charge on any atom is 0.248 e. The van der Waals surface area contributed by atoms with Crippen molar-refractivity contribution in [3.63, 3.8) is 0 Å². The number of carbonyl (C=O) groups excluding carboxylic acids is 1. The highest BCUT2D eigenvalue weighted by molar-refractivity contribution is 7.89. The van der Waals surface area contributed by atoms with Crippen molar-refractivity contribution >= 4 is 39.4 Å². The number of aryl methyl sites for hydroxylation is 1. The lowest BCUT2D eigenvalue weighted by Crippen LogP contribution is -2.49. The number of carbonyl (C=O) groups is 1. The summed E-state index contributed by atoms with van der Waals surface area (Å²) >= 11 is 1.55. The molecule has 1 atom stereocenters. The van der Waals surface area contributed by atoms with Crippen molar-refractivity contribution in [1.82, 2.24) is 14.4 Å². The summed E-state index contributed by atoms with van der Waals surface area (Å²) in [6, 6.07) is 3.86. The van der Waals surface area contributed by atoms with Crippen molar-refractivity contribution in [2.24, 2.45) is 5.92 Å². The van der Waals surface area contributed by atoms with Crippen LogP contribution in [0.2, 0.25) is 0 Å². The minimum Gasteiger partial charge on any atom is -0.378 e. The summed E-state index contributed by atoms with van der Waals surface area (Å²) in [5.41, 5.74) is 0.322. The number of sulfonamides is 1. The van der Waals surface area contributed by atoms with Gasteiger partial charge in [0.2, 0.25) is 15.9 Å². The number of ether oxygens (including phenoxy) is 1. The van der Waals surface area contributed by atoms with Gasteiger partial charge in [0, 0.05) is 31.1 Å². The Morgan fingerprint density at radius 2 is 2.07 bits per heavy atom. The van der Waals surface area contributed by atoms with E-state index in [-0.39, 0.29) is 29.0 Å². The summed E-state index contributed by atoms with van der Waals surface area (Å²) in [6.45, 7) is 4.36. The quantitative estimate of drug-likeness (QED) is 0.693. The van der Waals surface area contributed by atoms with E-state index in [1.807, 2.05) is 23.6 Å². The van der Waals surface area contributed by atoms with E-state index >= 15 is 0 Å². The van der Waals surface area contributed by atoms with Gasteiger partial charge in [-0.3, -0.25) is 4.79 Å². The van der Waals surface area contributed by atoms with Crippen LogP contribution < -0.4 is 0 Å². The maximum atomic E-state index is 13.4. The molecule has 2 aromatic heterocycles. The van der Waals surface area contributed by atoms with Crippen molar-refractivity contribution < 1.29 is 22.5 Å². The number of amides is 1. The molecule has 30 heavy (non-hydrogen) atoms. The first-order chi connectivity index (χ1) is 14.5. The van der Waals surface area contributed by atoms with E-state index in [1.54, 1.807) is 29.2 Å². The molecule has 4 rings (SSSR count). The second-order valence-electron chi connectivity index (χ2n) is 7.45. The molecule has 0 N–H and O–H groups in total. The van der Waals surface area contributed by atoms with Crippen LogP contribution in [0.25, 0.3) is 12.2 Å². The van der Waals surface area contributed by atoms with Crippen LogP contribution in [0.4, 0.5) is 0 Å². The van der Waals surface area contributed by atoms with Gasteiger partial charge >= 0.3 is 0 Å². The summed E-state index contributed by atoms with van der Waals surface area (Å²) in [6.07, 6.45) is 4.78. The highest BCUT2D eigenvalue weighted by atomic mass is 32.2. The van der Waals surface area contributed by atoms with E-state index in [9.17, 15) is 13.2 Å². The second-order valence-corrected chi connectivity index (χ2v) is 10.3. The topological polar surface area (TPSA) is 93.0 Å². The Labute approximate surface area is 180 Å². The highest BCUT2D eigenvalue weighted by Crippen LogP contribution is 2.30. The van der Waals surface area contributed by atoms with Crippen molar-refractivity contribution in [2.45, 2.75) is 24.7 Å². The fraction of sp³-hybridized carbons (Fsp3) is 0.500. The Kier molecular flexibility index (Phi) is 6.37. The van der Waals surface area contributed by atoms with Gasteiger partial charge in [0.25, 0.3) is 0 Å². The molecule has 162 valence electrons. The van der Waals surface area contributed by atoms with Crippen molar-refractivity contribution in [2.75, 3.05) is 39.4 Å². The molecule has 1 amide bonds. The van der Waals surface area contributed by atoms with Crippen LogP contribution in [0.15, 0.2) is 26.9 Å². The molecule has 8 nitrogen and oxygen atoms in total. The zero-order valence-electron chi connectivity index (χ0n) is 16.8. The van der Waals surface area contributed by atoms with Gasteiger partial charge in [-0.05, 0) is 43.4 Å². The lowest BCUT2D eigenvalue weighted by molar-refractivity contribution is -0.140.